The third kappa shape index (κ3) is 4.23. The van der Waals surface area contributed by atoms with Crippen molar-refractivity contribution < 1.29 is 22.7 Å². The molecule has 27 heavy (non-hydrogen) atoms. The topological polar surface area (TPSA) is 84.9 Å². The van der Waals surface area contributed by atoms with Crippen LogP contribution >= 0.6 is 0 Å². The molecule has 1 N–H and O–H groups in total. The lowest BCUT2D eigenvalue weighted by Gasteiger charge is -2.30. The third-order valence-corrected chi connectivity index (χ3v) is 5.76. The molecule has 0 aliphatic carbocycles. The Bertz CT molecular complexity index is 943. The Morgan fingerprint density at radius 3 is 2.74 bits per heavy atom. The number of ether oxygens (including phenoxy) is 2. The van der Waals surface area contributed by atoms with Crippen molar-refractivity contribution in [2.75, 3.05) is 37.0 Å². The Hall–Kier alpha value is -2.58. The van der Waals surface area contributed by atoms with Gasteiger partial charge in [-0.15, -0.1) is 0 Å². The normalized spacial score (nSPS) is 13.8. The van der Waals surface area contributed by atoms with Gasteiger partial charge in [-0.2, -0.15) is 0 Å². The highest BCUT2D eigenvalue weighted by molar-refractivity contribution is 7.92. The molecule has 0 unspecified atom stereocenters. The van der Waals surface area contributed by atoms with Crippen molar-refractivity contribution in [3.05, 3.63) is 48.0 Å². The van der Waals surface area contributed by atoms with Crippen LogP contribution in [0.1, 0.15) is 12.0 Å². The highest BCUT2D eigenvalue weighted by Crippen LogP contribution is 2.31. The van der Waals surface area contributed by atoms with Crippen molar-refractivity contribution >= 4 is 27.3 Å². The van der Waals surface area contributed by atoms with Gasteiger partial charge < -0.3 is 14.4 Å². The fraction of sp³-hybridized carbons (Fsp3) is 0.316. The van der Waals surface area contributed by atoms with Crippen LogP contribution in [0, 0.1) is 0 Å². The summed E-state index contributed by atoms with van der Waals surface area (Å²) >= 11 is 0. The molecule has 144 valence electrons. The number of sulfonamides is 1. The number of carbonyl (C=O) groups excluding carboxylic acids is 1. The molecule has 0 radical (unpaired) electrons. The predicted molar refractivity (Wildman–Crippen MR) is 103 cm³/mol. The molecule has 0 saturated heterocycles. The summed E-state index contributed by atoms with van der Waals surface area (Å²) in [6.07, 6.45) is 1.70. The monoisotopic (exact) mass is 390 g/mol. The molecule has 0 aromatic heterocycles. The number of anilines is 2. The number of aryl methyl sites for hydroxylation is 1. The number of hydrogen-bond acceptors (Lipinski definition) is 5. The molecule has 1 aliphatic heterocycles. The van der Waals surface area contributed by atoms with Gasteiger partial charge in [0.15, 0.2) is 0 Å². The first-order valence-corrected chi connectivity index (χ1v) is 10.0. The fourth-order valence-electron chi connectivity index (χ4n) is 3.08. The highest BCUT2D eigenvalue weighted by Gasteiger charge is 2.23. The maximum absolute atomic E-state index is 12.7. The predicted octanol–water partition coefficient (Wildman–Crippen LogP) is 2.42. The Morgan fingerprint density at radius 2 is 2.00 bits per heavy atom. The number of rotatable bonds is 6. The molecule has 0 bridgehead atoms. The van der Waals surface area contributed by atoms with E-state index in [0.29, 0.717) is 23.7 Å². The molecule has 0 saturated carbocycles. The summed E-state index contributed by atoms with van der Waals surface area (Å²) in [5.41, 5.74) is 2.12. The second kappa shape index (κ2) is 7.98. The number of benzene rings is 2. The van der Waals surface area contributed by atoms with E-state index in [1.807, 2.05) is 6.07 Å². The van der Waals surface area contributed by atoms with Crippen LogP contribution < -0.4 is 14.4 Å². The smallest absolute Gasteiger partial charge is 0.262 e. The number of nitrogens with zero attached hydrogens (tertiary/aromatic N) is 1. The van der Waals surface area contributed by atoms with E-state index < -0.39 is 10.0 Å². The van der Waals surface area contributed by atoms with Crippen LogP contribution in [0.5, 0.6) is 5.75 Å². The molecule has 7 nitrogen and oxygen atoms in total. The van der Waals surface area contributed by atoms with E-state index in [9.17, 15) is 13.2 Å². The zero-order chi connectivity index (χ0) is 19.4. The quantitative estimate of drug-likeness (QED) is 0.819. The van der Waals surface area contributed by atoms with Gasteiger partial charge in [-0.3, -0.25) is 9.52 Å². The Kier molecular flexibility index (Phi) is 5.67. The lowest BCUT2D eigenvalue weighted by molar-refractivity contribution is -0.122. The van der Waals surface area contributed by atoms with Crippen LogP contribution in [-0.2, 0) is 26.0 Å². The van der Waals surface area contributed by atoms with E-state index >= 15 is 0 Å². The SMILES string of the molecule is COCC(=O)N1CCCc2ccc(NS(=O)(=O)c3cccc(OC)c3)cc21. The van der Waals surface area contributed by atoms with Crippen LogP contribution in [-0.4, -0.2) is 41.7 Å². The van der Waals surface area contributed by atoms with Gasteiger partial charge in [-0.1, -0.05) is 12.1 Å². The van der Waals surface area contributed by atoms with E-state index in [1.165, 1.54) is 26.4 Å². The van der Waals surface area contributed by atoms with E-state index in [1.54, 1.807) is 29.2 Å². The van der Waals surface area contributed by atoms with Gasteiger partial charge in [0.2, 0.25) is 0 Å². The third-order valence-electron chi connectivity index (χ3n) is 4.38. The summed E-state index contributed by atoms with van der Waals surface area (Å²) in [5, 5.41) is 0. The van der Waals surface area contributed by atoms with Gasteiger partial charge in [0.25, 0.3) is 15.9 Å². The van der Waals surface area contributed by atoms with Crippen molar-refractivity contribution in [2.24, 2.45) is 0 Å². The average Bonchev–Trinajstić information content (AvgIpc) is 2.67. The number of fused-ring (bicyclic) bond motifs is 1. The molecular weight excluding hydrogens is 368 g/mol. The van der Waals surface area contributed by atoms with Gasteiger partial charge in [0.05, 0.1) is 17.7 Å². The standard InChI is InChI=1S/C19H22N2O5S/c1-25-13-19(22)21-10-4-5-14-8-9-15(11-18(14)21)20-27(23,24)17-7-3-6-16(12-17)26-2/h3,6-9,11-12,20H,4-5,10,13H2,1-2H3. The van der Waals surface area contributed by atoms with Crippen molar-refractivity contribution in [3.8, 4) is 5.75 Å². The van der Waals surface area contributed by atoms with Crippen LogP contribution in [0.3, 0.4) is 0 Å². The Balaban J connectivity index is 1.90. The summed E-state index contributed by atoms with van der Waals surface area (Å²) in [4.78, 5) is 14.0. The molecule has 2 aromatic carbocycles. The Labute approximate surface area is 158 Å². The molecule has 0 spiro atoms. The summed E-state index contributed by atoms with van der Waals surface area (Å²) < 4.78 is 38.0. The molecule has 0 fully saturated rings. The number of amides is 1. The number of methoxy groups -OCH3 is 2. The molecule has 1 heterocycles. The Morgan fingerprint density at radius 1 is 1.19 bits per heavy atom. The lowest BCUT2D eigenvalue weighted by Crippen LogP contribution is -2.37. The summed E-state index contributed by atoms with van der Waals surface area (Å²) in [6.45, 7) is 0.570. The zero-order valence-electron chi connectivity index (χ0n) is 15.3. The second-order valence-corrected chi connectivity index (χ2v) is 7.89. The van der Waals surface area contributed by atoms with Gasteiger partial charge in [0.1, 0.15) is 12.4 Å². The molecular formula is C19H22N2O5S. The fourth-order valence-corrected chi connectivity index (χ4v) is 4.17. The van der Waals surface area contributed by atoms with Crippen LogP contribution in [0.15, 0.2) is 47.4 Å². The second-order valence-electron chi connectivity index (χ2n) is 6.21. The minimum atomic E-state index is -3.78. The minimum Gasteiger partial charge on any atom is -0.497 e. The molecule has 0 atom stereocenters. The maximum atomic E-state index is 12.7. The molecule has 2 aromatic rings. The van der Waals surface area contributed by atoms with Crippen LogP contribution in [0.25, 0.3) is 0 Å². The van der Waals surface area contributed by atoms with Crippen molar-refractivity contribution in [3.63, 3.8) is 0 Å². The average molecular weight is 390 g/mol. The van der Waals surface area contributed by atoms with Gasteiger partial charge in [-0.05, 0) is 42.7 Å². The first-order chi connectivity index (χ1) is 12.9. The number of nitrogens with one attached hydrogen (secondary N) is 1. The molecule has 1 amide bonds. The number of carbonyl (C=O) groups is 1. The van der Waals surface area contributed by atoms with E-state index in [-0.39, 0.29) is 17.4 Å². The lowest BCUT2D eigenvalue weighted by atomic mass is 10.0. The zero-order valence-corrected chi connectivity index (χ0v) is 16.1. The molecule has 1 aliphatic rings. The van der Waals surface area contributed by atoms with Crippen LogP contribution in [0.4, 0.5) is 11.4 Å². The summed E-state index contributed by atoms with van der Waals surface area (Å²) in [6, 6.07) is 11.5. The highest BCUT2D eigenvalue weighted by atomic mass is 32.2. The largest absolute Gasteiger partial charge is 0.497 e. The number of hydrogen-bond donors (Lipinski definition) is 1. The molecule has 8 heteroatoms. The van der Waals surface area contributed by atoms with Crippen molar-refractivity contribution in [2.45, 2.75) is 17.7 Å². The van der Waals surface area contributed by atoms with Gasteiger partial charge >= 0.3 is 0 Å². The van der Waals surface area contributed by atoms with Crippen molar-refractivity contribution in [1.82, 2.24) is 0 Å². The van der Waals surface area contributed by atoms with E-state index in [4.69, 9.17) is 9.47 Å². The van der Waals surface area contributed by atoms with Crippen LogP contribution in [0.2, 0.25) is 0 Å². The van der Waals surface area contributed by atoms with Gasteiger partial charge in [0, 0.05) is 25.4 Å². The maximum Gasteiger partial charge on any atom is 0.262 e. The summed E-state index contributed by atoms with van der Waals surface area (Å²) in [5.74, 6) is 0.311. The summed E-state index contributed by atoms with van der Waals surface area (Å²) in [7, 11) is -0.824. The van der Waals surface area contributed by atoms with E-state index in [0.717, 1.165) is 18.4 Å². The first kappa shape index (κ1) is 19.2. The van der Waals surface area contributed by atoms with Crippen molar-refractivity contribution in [1.29, 1.82) is 0 Å². The van der Waals surface area contributed by atoms with E-state index in [2.05, 4.69) is 4.72 Å². The minimum absolute atomic E-state index is 0.0147. The van der Waals surface area contributed by atoms with Gasteiger partial charge in [-0.25, -0.2) is 8.42 Å². The molecule has 3 rings (SSSR count). The first-order valence-electron chi connectivity index (χ1n) is 8.53.